The van der Waals surface area contributed by atoms with Crippen molar-refractivity contribution in [1.29, 1.82) is 0 Å². The number of ether oxygens (including phenoxy) is 1. The Labute approximate surface area is 167 Å². The largest absolute Gasteiger partial charge is 0.461 e. The molecule has 1 aromatic heterocycles. The zero-order chi connectivity index (χ0) is 20.3. The zero-order valence-electron chi connectivity index (χ0n) is 15.9. The van der Waals surface area contributed by atoms with Crippen molar-refractivity contribution in [2.75, 3.05) is 32.8 Å². The SMILES string of the molecule is CCOC(=O)c1c(Cl)c(C)nn1CC(=O)[N+]1(c2ccc(F)cc2)CCNCC1. The molecule has 1 saturated heterocycles. The molecule has 1 aliphatic rings. The average Bonchev–Trinajstić information content (AvgIpc) is 2.96. The molecule has 1 aromatic carbocycles. The number of aromatic nitrogens is 2. The molecule has 0 radical (unpaired) electrons. The van der Waals surface area contributed by atoms with Gasteiger partial charge in [0, 0.05) is 25.2 Å². The normalized spacial score (nSPS) is 16.0. The van der Waals surface area contributed by atoms with Crippen LogP contribution in [0.3, 0.4) is 0 Å². The van der Waals surface area contributed by atoms with Gasteiger partial charge in [0.2, 0.25) is 0 Å². The van der Waals surface area contributed by atoms with Gasteiger partial charge in [0.05, 0.1) is 17.3 Å². The zero-order valence-corrected chi connectivity index (χ0v) is 16.6. The number of hydrogen-bond donors (Lipinski definition) is 1. The van der Waals surface area contributed by atoms with E-state index in [1.165, 1.54) is 16.8 Å². The summed E-state index contributed by atoms with van der Waals surface area (Å²) in [7, 11) is 0. The lowest BCUT2D eigenvalue weighted by Crippen LogP contribution is -2.64. The first-order valence-electron chi connectivity index (χ1n) is 9.16. The lowest BCUT2D eigenvalue weighted by atomic mass is 10.1. The molecule has 9 heteroatoms. The predicted octanol–water partition coefficient (Wildman–Crippen LogP) is 2.30. The van der Waals surface area contributed by atoms with Gasteiger partial charge in [0.15, 0.2) is 12.2 Å². The van der Waals surface area contributed by atoms with Crippen LogP contribution >= 0.6 is 11.6 Å². The van der Waals surface area contributed by atoms with Crippen LogP contribution in [-0.2, 0) is 16.1 Å². The second-order valence-electron chi connectivity index (χ2n) is 6.66. The predicted molar refractivity (Wildman–Crippen MR) is 104 cm³/mol. The second-order valence-corrected chi connectivity index (χ2v) is 7.04. The van der Waals surface area contributed by atoms with E-state index in [2.05, 4.69) is 10.4 Å². The first-order valence-corrected chi connectivity index (χ1v) is 9.54. The molecule has 0 aliphatic carbocycles. The molecule has 150 valence electrons. The van der Waals surface area contributed by atoms with Crippen molar-refractivity contribution < 1.29 is 18.7 Å². The summed E-state index contributed by atoms with van der Waals surface area (Å²) in [5, 5.41) is 7.68. The standard InChI is InChI=1S/C19H23ClFN4O3/c1-3-28-19(27)18-17(20)13(2)23-24(18)12-16(26)25(10-8-22-9-11-25)15-6-4-14(21)5-7-15/h4-7,22H,3,8-12H2,1-2H3/q+1. The Morgan fingerprint density at radius 3 is 2.54 bits per heavy atom. The highest BCUT2D eigenvalue weighted by atomic mass is 35.5. The van der Waals surface area contributed by atoms with Crippen LogP contribution in [0, 0.1) is 12.7 Å². The van der Waals surface area contributed by atoms with Gasteiger partial charge in [-0.15, -0.1) is 0 Å². The summed E-state index contributed by atoms with van der Waals surface area (Å²) in [5.41, 5.74) is 1.23. The van der Waals surface area contributed by atoms with Gasteiger partial charge >= 0.3 is 11.9 Å². The molecule has 1 N–H and O–H groups in total. The molecule has 28 heavy (non-hydrogen) atoms. The number of carbonyl (C=O) groups is 2. The van der Waals surface area contributed by atoms with E-state index in [1.807, 2.05) is 0 Å². The molecule has 0 atom stereocenters. The Hall–Kier alpha value is -2.29. The minimum Gasteiger partial charge on any atom is -0.461 e. The van der Waals surface area contributed by atoms with Gasteiger partial charge in [0.25, 0.3) is 0 Å². The van der Waals surface area contributed by atoms with Crippen molar-refractivity contribution in [2.24, 2.45) is 0 Å². The molecule has 0 bridgehead atoms. The van der Waals surface area contributed by atoms with Gasteiger partial charge in [0.1, 0.15) is 24.6 Å². The van der Waals surface area contributed by atoms with E-state index in [0.29, 0.717) is 37.6 Å². The lowest BCUT2D eigenvalue weighted by Gasteiger charge is -2.38. The summed E-state index contributed by atoms with van der Waals surface area (Å²) in [6.07, 6.45) is 0. The topological polar surface area (TPSA) is 73.2 Å². The van der Waals surface area contributed by atoms with Crippen LogP contribution in [0.2, 0.25) is 5.02 Å². The van der Waals surface area contributed by atoms with Crippen molar-refractivity contribution in [3.63, 3.8) is 0 Å². The third-order valence-corrected chi connectivity index (χ3v) is 5.40. The van der Waals surface area contributed by atoms with Gasteiger partial charge < -0.3 is 10.1 Å². The molecule has 7 nitrogen and oxygen atoms in total. The third kappa shape index (κ3) is 3.80. The summed E-state index contributed by atoms with van der Waals surface area (Å²) in [4.78, 5) is 25.7. The number of benzene rings is 1. The molecule has 2 heterocycles. The Kier molecular flexibility index (Phi) is 6.12. The van der Waals surface area contributed by atoms with Crippen LogP contribution in [0.4, 0.5) is 10.1 Å². The monoisotopic (exact) mass is 409 g/mol. The molecule has 3 rings (SSSR count). The lowest BCUT2D eigenvalue weighted by molar-refractivity contribution is -0.131. The number of carbonyl (C=O) groups excluding carboxylic acids is 2. The highest BCUT2D eigenvalue weighted by molar-refractivity contribution is 6.34. The number of quaternary nitrogens is 1. The maximum Gasteiger partial charge on any atom is 0.358 e. The number of nitrogens with one attached hydrogen (secondary N) is 1. The number of amides is 1. The van der Waals surface area contributed by atoms with Crippen LogP contribution in [0.1, 0.15) is 23.1 Å². The average molecular weight is 410 g/mol. The number of esters is 1. The molecule has 2 aromatic rings. The summed E-state index contributed by atoms with van der Waals surface area (Å²) >= 11 is 6.23. The van der Waals surface area contributed by atoms with Crippen molar-refractivity contribution in [2.45, 2.75) is 20.4 Å². The van der Waals surface area contributed by atoms with Gasteiger partial charge in [-0.3, -0.25) is 0 Å². The highest BCUT2D eigenvalue weighted by Gasteiger charge is 2.41. The van der Waals surface area contributed by atoms with Crippen LogP contribution in [0.25, 0.3) is 0 Å². The minimum absolute atomic E-state index is 0.0477. The van der Waals surface area contributed by atoms with Crippen molar-refractivity contribution in [3.8, 4) is 0 Å². The smallest absolute Gasteiger partial charge is 0.358 e. The summed E-state index contributed by atoms with van der Waals surface area (Å²) in [6, 6.07) is 5.96. The molecule has 0 saturated carbocycles. The maximum atomic E-state index is 13.4. The Bertz CT molecular complexity index is 876. The quantitative estimate of drug-likeness (QED) is 0.606. The Balaban J connectivity index is 1.96. The molecule has 1 aliphatic heterocycles. The second kappa shape index (κ2) is 8.38. The number of piperazine rings is 1. The number of aryl methyl sites for hydroxylation is 1. The van der Waals surface area contributed by atoms with E-state index < -0.39 is 5.97 Å². The fraction of sp³-hybridized carbons (Fsp3) is 0.421. The van der Waals surface area contributed by atoms with Gasteiger partial charge in [-0.05, 0) is 26.0 Å². The van der Waals surface area contributed by atoms with Crippen LogP contribution in [0.15, 0.2) is 24.3 Å². The minimum atomic E-state index is -0.616. The fourth-order valence-corrected chi connectivity index (χ4v) is 3.70. The van der Waals surface area contributed by atoms with Gasteiger partial charge in [-0.1, -0.05) is 11.6 Å². The first kappa shape index (κ1) is 20.4. The number of halogens is 2. The Morgan fingerprint density at radius 2 is 1.93 bits per heavy atom. The van der Waals surface area contributed by atoms with E-state index in [-0.39, 0.29) is 40.1 Å². The first-order chi connectivity index (χ1) is 13.4. The Morgan fingerprint density at radius 1 is 1.29 bits per heavy atom. The van der Waals surface area contributed by atoms with E-state index >= 15 is 0 Å². The molecular weight excluding hydrogens is 387 g/mol. The van der Waals surface area contributed by atoms with Crippen LogP contribution in [0.5, 0.6) is 0 Å². The highest BCUT2D eigenvalue weighted by Crippen LogP contribution is 2.27. The molecular formula is C19H23ClFN4O3+. The maximum absolute atomic E-state index is 13.4. The summed E-state index contributed by atoms with van der Waals surface area (Å²) in [5.74, 6) is -1.13. The van der Waals surface area contributed by atoms with E-state index in [4.69, 9.17) is 16.3 Å². The fourth-order valence-electron chi connectivity index (χ4n) is 3.49. The number of nitrogens with zero attached hydrogens (tertiary/aromatic N) is 3. The van der Waals surface area contributed by atoms with Crippen molar-refractivity contribution in [3.05, 3.63) is 46.5 Å². The van der Waals surface area contributed by atoms with E-state index in [1.54, 1.807) is 26.0 Å². The van der Waals surface area contributed by atoms with Gasteiger partial charge in [-0.25, -0.2) is 23.1 Å². The van der Waals surface area contributed by atoms with E-state index in [9.17, 15) is 14.0 Å². The molecule has 0 unspecified atom stereocenters. The number of hydrogen-bond acceptors (Lipinski definition) is 5. The van der Waals surface area contributed by atoms with Crippen molar-refractivity contribution >= 4 is 29.2 Å². The summed E-state index contributed by atoms with van der Waals surface area (Å²) < 4.78 is 19.8. The van der Waals surface area contributed by atoms with Gasteiger partial charge in [-0.2, -0.15) is 5.10 Å². The molecule has 1 amide bonds. The molecule has 1 fully saturated rings. The number of rotatable bonds is 5. The van der Waals surface area contributed by atoms with Crippen molar-refractivity contribution in [1.82, 2.24) is 19.6 Å². The molecule has 0 spiro atoms. The summed E-state index contributed by atoms with van der Waals surface area (Å²) in [6.45, 7) is 5.74. The van der Waals surface area contributed by atoms with Crippen LogP contribution in [-0.4, -0.2) is 54.4 Å². The van der Waals surface area contributed by atoms with E-state index in [0.717, 1.165) is 0 Å². The van der Waals surface area contributed by atoms with Crippen LogP contribution < -0.4 is 9.80 Å². The third-order valence-electron chi connectivity index (χ3n) is 4.95.